The monoisotopic (exact) mass is 390 g/mol. The molecule has 0 saturated heterocycles. The molecule has 2 N–H and O–H groups in total. The predicted molar refractivity (Wildman–Crippen MR) is 104 cm³/mol. The van der Waals surface area contributed by atoms with Crippen molar-refractivity contribution in [2.75, 3.05) is 14.2 Å². The number of cyclic esters (lactones) is 1. The third kappa shape index (κ3) is 4.72. The largest absolute Gasteiger partial charge is 0.507 e. The average molecular weight is 390 g/mol. The first-order valence-electron chi connectivity index (χ1n) is 9.03. The summed E-state index contributed by atoms with van der Waals surface area (Å²) in [5.41, 5.74) is 0.202. The minimum atomic E-state index is -0.877. The fourth-order valence-corrected chi connectivity index (χ4v) is 2.95. The first-order chi connectivity index (χ1) is 13.3. The summed E-state index contributed by atoms with van der Waals surface area (Å²) in [5, 5.41) is 20.7. The Kier molecular flexibility index (Phi) is 7.23. The molecule has 0 fully saturated rings. The van der Waals surface area contributed by atoms with E-state index >= 15 is 0 Å². The minimum absolute atomic E-state index is 0.0650. The molecule has 1 aromatic rings. The highest BCUT2D eigenvalue weighted by atomic mass is 16.5. The van der Waals surface area contributed by atoms with E-state index in [9.17, 15) is 19.8 Å². The maximum Gasteiger partial charge on any atom is 0.343 e. The van der Waals surface area contributed by atoms with Gasteiger partial charge in [-0.3, -0.25) is 4.79 Å². The lowest BCUT2D eigenvalue weighted by Gasteiger charge is -2.18. The fourth-order valence-electron chi connectivity index (χ4n) is 2.95. The lowest BCUT2D eigenvalue weighted by molar-refractivity contribution is -0.124. The molecule has 1 aromatic carbocycles. The van der Waals surface area contributed by atoms with Crippen LogP contribution >= 0.6 is 0 Å². The van der Waals surface area contributed by atoms with Crippen LogP contribution in [-0.2, 0) is 9.53 Å². The number of aliphatic hydroxyl groups excluding tert-OH is 1. The molecule has 0 amide bonds. The lowest BCUT2D eigenvalue weighted by atomic mass is 9.94. The van der Waals surface area contributed by atoms with Crippen molar-refractivity contribution in [3.05, 3.63) is 35.4 Å². The highest BCUT2D eigenvalue weighted by Crippen LogP contribution is 2.40. The van der Waals surface area contributed by atoms with Gasteiger partial charge in [-0.2, -0.15) is 0 Å². The molecule has 0 radical (unpaired) electrons. The molecule has 152 valence electrons. The molecule has 0 spiro atoms. The number of carbonyl (C=O) groups excluding carboxylic acids is 2. The van der Waals surface area contributed by atoms with Crippen LogP contribution in [0.25, 0.3) is 6.08 Å². The van der Waals surface area contributed by atoms with Crippen LogP contribution in [0.1, 0.15) is 42.6 Å². The third-order valence-corrected chi connectivity index (χ3v) is 4.66. The predicted octanol–water partition coefficient (Wildman–Crippen LogP) is 2.88. The van der Waals surface area contributed by atoms with Gasteiger partial charge >= 0.3 is 5.97 Å². The van der Waals surface area contributed by atoms with Crippen molar-refractivity contribution < 1.29 is 34.0 Å². The lowest BCUT2D eigenvalue weighted by Crippen LogP contribution is -2.25. The van der Waals surface area contributed by atoms with Gasteiger partial charge in [0.25, 0.3) is 0 Å². The van der Waals surface area contributed by atoms with E-state index in [-0.39, 0.29) is 47.0 Å². The quantitative estimate of drug-likeness (QED) is 0.591. The van der Waals surface area contributed by atoms with Crippen molar-refractivity contribution in [2.24, 2.45) is 5.92 Å². The zero-order valence-corrected chi connectivity index (χ0v) is 16.5. The smallest absolute Gasteiger partial charge is 0.343 e. The summed E-state index contributed by atoms with van der Waals surface area (Å²) in [7, 11) is 2.83. The Morgan fingerprint density at radius 1 is 1.14 bits per heavy atom. The molecule has 1 aliphatic rings. The van der Waals surface area contributed by atoms with E-state index in [2.05, 4.69) is 0 Å². The van der Waals surface area contributed by atoms with Gasteiger partial charge in [0.05, 0.1) is 20.3 Å². The molecule has 0 saturated carbocycles. The van der Waals surface area contributed by atoms with E-state index in [1.807, 2.05) is 0 Å². The number of methoxy groups -OCH3 is 2. The van der Waals surface area contributed by atoms with Crippen molar-refractivity contribution >= 4 is 17.8 Å². The van der Waals surface area contributed by atoms with Crippen molar-refractivity contribution in [3.63, 3.8) is 0 Å². The number of esters is 1. The maximum atomic E-state index is 12.7. The summed E-state index contributed by atoms with van der Waals surface area (Å²) in [6.45, 7) is 3.32. The summed E-state index contributed by atoms with van der Waals surface area (Å²) in [6.07, 6.45) is 5.19. The van der Waals surface area contributed by atoms with E-state index in [0.717, 1.165) is 0 Å². The summed E-state index contributed by atoms with van der Waals surface area (Å²) < 4.78 is 16.0. The molecule has 7 heteroatoms. The van der Waals surface area contributed by atoms with Crippen molar-refractivity contribution in [2.45, 2.75) is 38.9 Å². The van der Waals surface area contributed by atoms with Gasteiger partial charge in [0, 0.05) is 24.0 Å². The molecule has 1 heterocycles. The first kappa shape index (κ1) is 21.5. The van der Waals surface area contributed by atoms with E-state index in [4.69, 9.17) is 14.2 Å². The average Bonchev–Trinajstić information content (AvgIpc) is 2.65. The second-order valence-corrected chi connectivity index (χ2v) is 6.62. The van der Waals surface area contributed by atoms with Gasteiger partial charge in [-0.05, 0) is 19.4 Å². The van der Waals surface area contributed by atoms with E-state index in [1.165, 1.54) is 20.3 Å². The van der Waals surface area contributed by atoms with Crippen molar-refractivity contribution in [3.8, 4) is 17.2 Å². The van der Waals surface area contributed by atoms with Gasteiger partial charge < -0.3 is 24.4 Å². The Hall–Kier alpha value is -2.80. The van der Waals surface area contributed by atoms with Crippen LogP contribution in [0.2, 0.25) is 0 Å². The van der Waals surface area contributed by atoms with E-state index < -0.39 is 24.1 Å². The van der Waals surface area contributed by atoms with Crippen LogP contribution in [0.3, 0.4) is 0 Å². The fraction of sp³-hybridized carbons (Fsp3) is 0.429. The SMILES string of the molecule is COc1cc(O)c2c(c1OC)C=CC[C@H](O)[C@H](C)C(=O)CC=C[C@H](C)OC2=O. The molecule has 0 bridgehead atoms. The van der Waals surface area contributed by atoms with E-state index in [1.54, 1.807) is 38.2 Å². The number of Topliss-reactive ketones (excluding diaryl/α,β-unsaturated/α-hetero) is 1. The standard InChI is InChI=1S/C21H26O7/c1-12-7-5-9-15(22)13(2)16(23)10-6-8-14-19(21(25)28-12)17(24)11-18(26-3)20(14)27-4/h5-8,11-13,16,23-24H,9-10H2,1-4H3/t12-,13+,16-/m0/s1. The molecule has 3 atom stereocenters. The number of benzene rings is 1. The number of ketones is 1. The molecule has 0 aliphatic carbocycles. The number of phenols is 1. The van der Waals surface area contributed by atoms with Crippen molar-refractivity contribution in [1.82, 2.24) is 0 Å². The minimum Gasteiger partial charge on any atom is -0.507 e. The number of phenolic OH excluding ortho intramolecular Hbond substituents is 1. The van der Waals surface area contributed by atoms with Crippen LogP contribution in [-0.4, -0.2) is 48.4 Å². The summed E-state index contributed by atoms with van der Waals surface area (Å²) in [4.78, 5) is 24.9. The Balaban J connectivity index is 2.59. The number of allylic oxidation sites excluding steroid dienone is 1. The van der Waals surface area contributed by atoms with Crippen LogP contribution < -0.4 is 9.47 Å². The number of rotatable bonds is 2. The van der Waals surface area contributed by atoms with Crippen LogP contribution in [0, 0.1) is 5.92 Å². The highest BCUT2D eigenvalue weighted by Gasteiger charge is 2.26. The van der Waals surface area contributed by atoms with Gasteiger partial charge in [0.2, 0.25) is 0 Å². The Bertz CT molecular complexity index is 794. The molecule has 28 heavy (non-hydrogen) atoms. The van der Waals surface area contributed by atoms with E-state index in [0.29, 0.717) is 0 Å². The molecule has 0 unspecified atom stereocenters. The van der Waals surface area contributed by atoms with Gasteiger partial charge in [-0.1, -0.05) is 25.2 Å². The Labute approximate surface area is 164 Å². The second-order valence-electron chi connectivity index (χ2n) is 6.62. The zero-order chi connectivity index (χ0) is 20.8. The zero-order valence-electron chi connectivity index (χ0n) is 16.5. The summed E-state index contributed by atoms with van der Waals surface area (Å²) in [5.74, 6) is -1.21. The summed E-state index contributed by atoms with van der Waals surface area (Å²) >= 11 is 0. The number of carbonyl (C=O) groups is 2. The van der Waals surface area contributed by atoms with Gasteiger partial charge in [-0.25, -0.2) is 4.79 Å². The van der Waals surface area contributed by atoms with Gasteiger partial charge in [0.15, 0.2) is 11.5 Å². The van der Waals surface area contributed by atoms with Crippen LogP contribution in [0.5, 0.6) is 17.2 Å². The molecule has 7 nitrogen and oxygen atoms in total. The normalized spacial score (nSPS) is 23.5. The second kappa shape index (κ2) is 9.41. The number of aromatic hydroxyl groups is 1. The maximum absolute atomic E-state index is 12.7. The summed E-state index contributed by atoms with van der Waals surface area (Å²) in [6, 6.07) is 1.28. The molecular formula is C21H26O7. The highest BCUT2D eigenvalue weighted by molar-refractivity contribution is 5.98. The number of aliphatic hydroxyl groups is 1. The van der Waals surface area contributed by atoms with Gasteiger partial charge in [0.1, 0.15) is 23.2 Å². The number of fused-ring (bicyclic) bond motifs is 1. The topological polar surface area (TPSA) is 102 Å². The Morgan fingerprint density at radius 2 is 1.86 bits per heavy atom. The number of hydrogen-bond acceptors (Lipinski definition) is 7. The molecule has 0 aromatic heterocycles. The Morgan fingerprint density at radius 3 is 2.50 bits per heavy atom. The molecular weight excluding hydrogens is 364 g/mol. The van der Waals surface area contributed by atoms with Crippen LogP contribution in [0.15, 0.2) is 24.3 Å². The van der Waals surface area contributed by atoms with Gasteiger partial charge in [-0.15, -0.1) is 0 Å². The van der Waals surface area contributed by atoms with Crippen molar-refractivity contribution in [1.29, 1.82) is 0 Å². The molecule has 2 rings (SSSR count). The van der Waals surface area contributed by atoms with Crippen LogP contribution in [0.4, 0.5) is 0 Å². The first-order valence-corrected chi connectivity index (χ1v) is 9.03. The third-order valence-electron chi connectivity index (χ3n) is 4.66. The molecule has 1 aliphatic heterocycles. The number of hydrogen-bond donors (Lipinski definition) is 2. The number of ether oxygens (including phenoxy) is 3.